The van der Waals surface area contributed by atoms with Crippen molar-refractivity contribution in [3.63, 3.8) is 0 Å². The van der Waals surface area contributed by atoms with E-state index in [0.29, 0.717) is 11.6 Å². The van der Waals surface area contributed by atoms with Crippen molar-refractivity contribution < 1.29 is 14.4 Å². The summed E-state index contributed by atoms with van der Waals surface area (Å²) in [6, 6.07) is 13.9. The molecule has 1 saturated heterocycles. The topological polar surface area (TPSA) is 111 Å². The molecule has 0 bridgehead atoms. The van der Waals surface area contributed by atoms with Crippen LogP contribution in [0.1, 0.15) is 41.3 Å². The van der Waals surface area contributed by atoms with Gasteiger partial charge in [-0.2, -0.15) is 4.98 Å². The summed E-state index contributed by atoms with van der Waals surface area (Å²) in [4.78, 5) is 42.2. The molecule has 1 amide bonds. The second-order valence-corrected chi connectivity index (χ2v) is 10.2. The minimum atomic E-state index is -0.632. The second kappa shape index (κ2) is 11.1. The first-order valence-electron chi connectivity index (χ1n) is 13.7. The smallest absolute Gasteiger partial charge is 0.280 e. The first-order valence-corrected chi connectivity index (χ1v) is 13.7. The largest absolute Gasteiger partial charge is 0.489 e. The Hall–Kier alpha value is -4.28. The number of likely N-dealkylation sites (tertiary alicyclic amines) is 1. The summed E-state index contributed by atoms with van der Waals surface area (Å²) < 4.78 is 7.99. The van der Waals surface area contributed by atoms with E-state index in [1.807, 2.05) is 30.3 Å². The van der Waals surface area contributed by atoms with Gasteiger partial charge in [0.05, 0.1) is 12.5 Å². The van der Waals surface area contributed by atoms with Crippen molar-refractivity contribution in [3.05, 3.63) is 81.8 Å². The molecule has 4 aromatic rings. The number of anilines is 2. The van der Waals surface area contributed by atoms with Gasteiger partial charge in [-0.15, -0.1) is 0 Å². The minimum absolute atomic E-state index is 0.0578. The fourth-order valence-electron chi connectivity index (χ4n) is 5.53. The third-order valence-corrected chi connectivity index (χ3v) is 7.61. The van der Waals surface area contributed by atoms with Crippen LogP contribution in [0.15, 0.2) is 59.7 Å². The number of hydrogen-bond donors (Lipinski definition) is 2. The number of rotatable bonds is 8. The number of nitrogens with zero attached hydrogens (tertiary/aromatic N) is 4. The Morgan fingerprint density at radius 3 is 2.85 bits per heavy atom. The number of fused-ring (bicyclic) bond motifs is 2. The molecule has 1 fully saturated rings. The van der Waals surface area contributed by atoms with Gasteiger partial charge in [-0.05, 0) is 67.6 Å². The van der Waals surface area contributed by atoms with Gasteiger partial charge in [-0.3, -0.25) is 19.3 Å². The Morgan fingerprint density at radius 2 is 2.02 bits per heavy atom. The Labute approximate surface area is 231 Å². The molecule has 1 aliphatic carbocycles. The molecule has 6 rings (SSSR count). The molecule has 0 radical (unpaired) electrons. The Balaban J connectivity index is 1.36. The Morgan fingerprint density at radius 1 is 1.15 bits per heavy atom. The summed E-state index contributed by atoms with van der Waals surface area (Å²) in [5.74, 6) is 0.469. The summed E-state index contributed by atoms with van der Waals surface area (Å²) >= 11 is 0. The van der Waals surface area contributed by atoms with E-state index in [4.69, 9.17) is 14.6 Å². The zero-order valence-electron chi connectivity index (χ0n) is 22.6. The maximum absolute atomic E-state index is 13.3. The highest BCUT2D eigenvalue weighted by atomic mass is 16.6. The molecule has 40 heavy (non-hydrogen) atoms. The molecule has 206 valence electrons. The van der Waals surface area contributed by atoms with Gasteiger partial charge < -0.3 is 14.6 Å². The van der Waals surface area contributed by atoms with Gasteiger partial charge >= 0.3 is 0 Å². The van der Waals surface area contributed by atoms with E-state index >= 15 is 0 Å². The number of benzene rings is 2. The van der Waals surface area contributed by atoms with Crippen LogP contribution in [0.4, 0.5) is 11.6 Å². The fourth-order valence-corrected chi connectivity index (χ4v) is 5.53. The number of hydrogen-bond acceptors (Lipinski definition) is 8. The van der Waals surface area contributed by atoms with E-state index in [-0.39, 0.29) is 17.1 Å². The lowest BCUT2D eigenvalue weighted by Gasteiger charge is -2.16. The van der Waals surface area contributed by atoms with Crippen molar-refractivity contribution in [2.24, 2.45) is 0 Å². The Bertz CT molecular complexity index is 1630. The normalized spacial score (nSPS) is 16.7. The molecule has 0 spiro atoms. The number of likely N-dealkylation sites (N-methyl/N-ethyl adjacent to an activating group) is 1. The number of nitrogens with one attached hydrogen (secondary N) is 2. The first-order chi connectivity index (χ1) is 19.5. The zero-order chi connectivity index (χ0) is 27.6. The van der Waals surface area contributed by atoms with Crippen LogP contribution in [-0.4, -0.2) is 58.2 Å². The van der Waals surface area contributed by atoms with Gasteiger partial charge in [-0.1, -0.05) is 19.1 Å². The third-order valence-electron chi connectivity index (χ3n) is 7.61. The molecular formula is C30H32N6O4. The van der Waals surface area contributed by atoms with E-state index in [1.165, 1.54) is 30.6 Å². The maximum Gasteiger partial charge on any atom is 0.280 e. The van der Waals surface area contributed by atoms with E-state index < -0.39 is 11.3 Å². The maximum atomic E-state index is 13.3. The predicted molar refractivity (Wildman–Crippen MR) is 153 cm³/mol. The lowest BCUT2D eigenvalue weighted by molar-refractivity contribution is 0.0536. The minimum Gasteiger partial charge on any atom is -0.489 e. The lowest BCUT2D eigenvalue weighted by atomic mass is 10.1. The summed E-state index contributed by atoms with van der Waals surface area (Å²) in [6.45, 7) is 5.16. The number of hydroxylamine groups is 1. The van der Waals surface area contributed by atoms with Crippen LogP contribution in [0.5, 0.6) is 5.75 Å². The number of aromatic nitrogens is 3. The number of amides is 1. The van der Waals surface area contributed by atoms with Crippen LogP contribution in [0, 0.1) is 0 Å². The molecule has 1 atom stereocenters. The second-order valence-electron chi connectivity index (χ2n) is 10.2. The summed E-state index contributed by atoms with van der Waals surface area (Å²) in [5, 5.41) is 3.48. The van der Waals surface area contributed by atoms with Gasteiger partial charge in [0.15, 0.2) is 5.65 Å². The van der Waals surface area contributed by atoms with E-state index in [0.717, 1.165) is 62.4 Å². The molecule has 2 N–H and O–H groups in total. The molecule has 10 heteroatoms. The lowest BCUT2D eigenvalue weighted by Crippen LogP contribution is -2.29. The van der Waals surface area contributed by atoms with Crippen LogP contribution < -0.4 is 21.0 Å². The quantitative estimate of drug-likeness (QED) is 0.325. The van der Waals surface area contributed by atoms with Crippen LogP contribution in [0.25, 0.3) is 16.7 Å². The SMILES string of the molecule is CCN1CC[C@H](Oc2cccc(Nc3ncc4c(=O)c(C(=O)NOC)cn(-c5ccc6c(c5)CCC6)c4n3)c2)C1. The van der Waals surface area contributed by atoms with E-state index in [9.17, 15) is 9.59 Å². The molecule has 0 saturated carbocycles. The van der Waals surface area contributed by atoms with Crippen molar-refractivity contribution in [1.29, 1.82) is 0 Å². The summed E-state index contributed by atoms with van der Waals surface area (Å²) in [6.07, 6.45) is 7.31. The number of aryl methyl sites for hydroxylation is 2. The third kappa shape index (κ3) is 5.15. The average molecular weight is 541 g/mol. The molecule has 1 aliphatic heterocycles. The van der Waals surface area contributed by atoms with Crippen LogP contribution in [0.3, 0.4) is 0 Å². The number of carbonyl (C=O) groups excluding carboxylic acids is 1. The van der Waals surface area contributed by atoms with Crippen LogP contribution in [-0.2, 0) is 17.7 Å². The highest BCUT2D eigenvalue weighted by Crippen LogP contribution is 2.27. The first kappa shape index (κ1) is 26.0. The van der Waals surface area contributed by atoms with Crippen molar-refractivity contribution in [3.8, 4) is 11.4 Å². The predicted octanol–water partition coefficient (Wildman–Crippen LogP) is 3.78. The molecule has 0 unspecified atom stereocenters. The van der Waals surface area contributed by atoms with E-state index in [2.05, 4.69) is 39.7 Å². The number of carbonyl (C=O) groups is 1. The summed E-state index contributed by atoms with van der Waals surface area (Å²) in [5.41, 5.74) is 6.29. The highest BCUT2D eigenvalue weighted by molar-refractivity contribution is 5.96. The van der Waals surface area contributed by atoms with Gasteiger partial charge in [0.25, 0.3) is 5.91 Å². The molecule has 2 aliphatic rings. The molecule has 2 aromatic carbocycles. The van der Waals surface area contributed by atoms with Gasteiger partial charge in [0.1, 0.15) is 17.4 Å². The van der Waals surface area contributed by atoms with Crippen molar-refractivity contribution >= 4 is 28.6 Å². The average Bonchev–Trinajstić information content (AvgIpc) is 3.62. The van der Waals surface area contributed by atoms with Gasteiger partial charge in [-0.25, -0.2) is 10.5 Å². The van der Waals surface area contributed by atoms with Crippen LogP contribution >= 0.6 is 0 Å². The fraction of sp³-hybridized carbons (Fsp3) is 0.333. The standard InChI is InChI=1S/C30H32N6O4/c1-3-35-13-12-24(17-35)40-23-9-5-8-21(15-23)32-30-31-16-25-27(37)26(29(38)34-39-2)18-36(28(25)33-30)22-11-10-19-6-4-7-20(19)14-22/h5,8-11,14-16,18,24H,3-4,6-7,12-13,17H2,1-2H3,(H,34,38)(H,31,32,33)/t24-/m0/s1. The number of pyridine rings is 1. The zero-order valence-corrected chi connectivity index (χ0v) is 22.6. The molecule has 3 heterocycles. The van der Waals surface area contributed by atoms with E-state index in [1.54, 1.807) is 4.57 Å². The van der Waals surface area contributed by atoms with Crippen molar-refractivity contribution in [2.75, 3.05) is 32.1 Å². The van der Waals surface area contributed by atoms with Gasteiger partial charge in [0, 0.05) is 42.9 Å². The Kier molecular flexibility index (Phi) is 7.19. The highest BCUT2D eigenvalue weighted by Gasteiger charge is 2.23. The monoisotopic (exact) mass is 540 g/mol. The molecular weight excluding hydrogens is 508 g/mol. The number of ether oxygens (including phenoxy) is 1. The molecule has 2 aromatic heterocycles. The van der Waals surface area contributed by atoms with Gasteiger partial charge in [0.2, 0.25) is 11.4 Å². The molecule has 10 nitrogen and oxygen atoms in total. The van der Waals surface area contributed by atoms with Crippen molar-refractivity contribution in [2.45, 2.75) is 38.7 Å². The van der Waals surface area contributed by atoms with Crippen LogP contribution in [0.2, 0.25) is 0 Å². The van der Waals surface area contributed by atoms with Crippen molar-refractivity contribution in [1.82, 2.24) is 24.9 Å². The summed E-state index contributed by atoms with van der Waals surface area (Å²) in [7, 11) is 1.33.